The Kier molecular flexibility index (Phi) is 2.07. The molecule has 0 unspecified atom stereocenters. The third-order valence-corrected chi connectivity index (χ3v) is 6.13. The molecule has 0 saturated heterocycles. The lowest BCUT2D eigenvalue weighted by molar-refractivity contribution is 1.65. The monoisotopic (exact) mass is 308 g/mol. The van der Waals surface area contributed by atoms with Crippen LogP contribution in [0.4, 0.5) is 0 Å². The molecule has 106 valence electrons. The van der Waals surface area contributed by atoms with Gasteiger partial charge < -0.3 is 0 Å². The number of fused-ring (bicyclic) bond motifs is 3. The van der Waals surface area contributed by atoms with Gasteiger partial charge >= 0.3 is 0 Å². The van der Waals surface area contributed by atoms with Crippen LogP contribution < -0.4 is 0 Å². The van der Waals surface area contributed by atoms with Crippen molar-refractivity contribution in [2.24, 2.45) is 0 Å². The lowest BCUT2D eigenvalue weighted by Gasteiger charge is -2.10. The highest BCUT2D eigenvalue weighted by Crippen LogP contribution is 2.50. The first kappa shape index (κ1) is 11.9. The zero-order valence-electron chi connectivity index (χ0n) is 12.3. The summed E-state index contributed by atoms with van der Waals surface area (Å²) in [5.74, 6) is 0. The van der Waals surface area contributed by atoms with Gasteiger partial charge in [0, 0.05) is 20.2 Å². The maximum Gasteiger partial charge on any atom is 0.0362 e. The number of rotatable bonds is 0. The number of hydrogen-bond acceptors (Lipinski definition) is 1. The minimum Gasteiger partial charge on any atom is -0.135 e. The summed E-state index contributed by atoms with van der Waals surface area (Å²) in [6, 6.07) is 26.8. The summed E-state index contributed by atoms with van der Waals surface area (Å²) in [6.07, 6.45) is 0. The zero-order chi connectivity index (χ0) is 15.0. The van der Waals surface area contributed by atoms with Crippen LogP contribution in [0.5, 0.6) is 0 Å². The second-order valence-electron chi connectivity index (χ2n) is 6.17. The average Bonchev–Trinajstić information content (AvgIpc) is 2.94. The zero-order valence-corrected chi connectivity index (χ0v) is 13.2. The van der Waals surface area contributed by atoms with Gasteiger partial charge in [-0.2, -0.15) is 0 Å². The van der Waals surface area contributed by atoms with Crippen LogP contribution in [0.2, 0.25) is 0 Å². The fourth-order valence-electron chi connectivity index (χ4n) is 4.09. The first-order valence-corrected chi connectivity index (χ1v) is 8.70. The van der Waals surface area contributed by atoms with E-state index in [1.807, 2.05) is 11.3 Å². The Hall–Kier alpha value is -2.64. The summed E-state index contributed by atoms with van der Waals surface area (Å²) in [5.41, 5.74) is 5.42. The van der Waals surface area contributed by atoms with E-state index in [0.717, 1.165) is 0 Å². The highest BCUT2D eigenvalue weighted by molar-refractivity contribution is 7.26. The van der Waals surface area contributed by atoms with Gasteiger partial charge in [0.2, 0.25) is 0 Å². The van der Waals surface area contributed by atoms with Crippen molar-refractivity contribution in [3.05, 3.63) is 72.8 Å². The Bertz CT molecular complexity index is 1240. The Balaban J connectivity index is 2.08. The van der Waals surface area contributed by atoms with Gasteiger partial charge in [-0.1, -0.05) is 60.7 Å². The van der Waals surface area contributed by atoms with E-state index in [4.69, 9.17) is 0 Å². The fourth-order valence-corrected chi connectivity index (χ4v) is 5.23. The van der Waals surface area contributed by atoms with Crippen molar-refractivity contribution in [1.82, 2.24) is 0 Å². The summed E-state index contributed by atoms with van der Waals surface area (Å²) in [7, 11) is 0. The molecule has 5 aromatic rings. The van der Waals surface area contributed by atoms with Crippen LogP contribution in [0.3, 0.4) is 0 Å². The van der Waals surface area contributed by atoms with Gasteiger partial charge in [0.1, 0.15) is 0 Å². The Morgan fingerprint density at radius 1 is 0.435 bits per heavy atom. The molecule has 1 heteroatoms. The normalized spacial score (nSPS) is 12.3. The smallest absolute Gasteiger partial charge is 0.0362 e. The summed E-state index contributed by atoms with van der Waals surface area (Å²) >= 11 is 1.91. The quantitative estimate of drug-likeness (QED) is 0.288. The van der Waals surface area contributed by atoms with Crippen molar-refractivity contribution < 1.29 is 0 Å². The average molecular weight is 308 g/mol. The van der Waals surface area contributed by atoms with Crippen LogP contribution in [0.15, 0.2) is 72.8 Å². The van der Waals surface area contributed by atoms with Crippen LogP contribution in [-0.2, 0) is 0 Å². The molecule has 0 spiro atoms. The van der Waals surface area contributed by atoms with E-state index >= 15 is 0 Å². The molecule has 1 heterocycles. The summed E-state index contributed by atoms with van der Waals surface area (Å²) in [4.78, 5) is 0. The van der Waals surface area contributed by atoms with Crippen molar-refractivity contribution in [2.45, 2.75) is 0 Å². The van der Waals surface area contributed by atoms with Gasteiger partial charge in [-0.15, -0.1) is 11.3 Å². The second kappa shape index (κ2) is 4.01. The molecule has 0 atom stereocenters. The summed E-state index contributed by atoms with van der Waals surface area (Å²) in [6.45, 7) is 0. The van der Waals surface area contributed by atoms with E-state index in [2.05, 4.69) is 72.8 Å². The molecule has 0 amide bonds. The van der Waals surface area contributed by atoms with E-state index < -0.39 is 0 Å². The summed E-state index contributed by atoms with van der Waals surface area (Å²) in [5, 5.41) is 5.61. The number of benzene rings is 4. The van der Waals surface area contributed by atoms with Crippen LogP contribution in [-0.4, -0.2) is 0 Å². The van der Waals surface area contributed by atoms with Crippen molar-refractivity contribution in [3.8, 4) is 22.3 Å². The Labute approximate surface area is 137 Å². The third kappa shape index (κ3) is 1.37. The van der Waals surface area contributed by atoms with Crippen molar-refractivity contribution in [3.63, 3.8) is 0 Å². The molecular formula is C22H12S. The lowest BCUT2D eigenvalue weighted by Crippen LogP contribution is -1.84. The first-order chi connectivity index (χ1) is 11.4. The van der Waals surface area contributed by atoms with E-state index in [-0.39, 0.29) is 0 Å². The van der Waals surface area contributed by atoms with Gasteiger partial charge in [0.05, 0.1) is 0 Å². The Morgan fingerprint density at radius 3 is 1.91 bits per heavy atom. The van der Waals surface area contributed by atoms with E-state index in [9.17, 15) is 0 Å². The fraction of sp³-hybridized carbons (Fsp3) is 0. The number of thiophene rings is 1. The van der Waals surface area contributed by atoms with Gasteiger partial charge in [-0.05, 0) is 45.2 Å². The molecular weight excluding hydrogens is 296 g/mol. The SMILES string of the molecule is c1ccc2c(c1)-c1cccc3ccc4sc5cccc-2c5c4c13. The highest BCUT2D eigenvalue weighted by Gasteiger charge is 2.21. The maximum absolute atomic E-state index is 2.28. The van der Waals surface area contributed by atoms with Crippen LogP contribution >= 0.6 is 11.3 Å². The predicted octanol–water partition coefficient (Wildman–Crippen LogP) is 6.86. The predicted molar refractivity (Wildman–Crippen MR) is 101 cm³/mol. The van der Waals surface area contributed by atoms with Crippen LogP contribution in [0.25, 0.3) is 53.2 Å². The van der Waals surface area contributed by atoms with E-state index in [1.54, 1.807) is 0 Å². The number of hydrogen-bond donors (Lipinski definition) is 0. The topological polar surface area (TPSA) is 0 Å². The molecule has 23 heavy (non-hydrogen) atoms. The molecule has 0 saturated carbocycles. The molecule has 0 aliphatic heterocycles. The van der Waals surface area contributed by atoms with E-state index in [0.29, 0.717) is 0 Å². The molecule has 1 aliphatic carbocycles. The molecule has 0 nitrogen and oxygen atoms in total. The van der Waals surface area contributed by atoms with Gasteiger partial charge in [0.25, 0.3) is 0 Å². The van der Waals surface area contributed by atoms with Gasteiger partial charge in [0.15, 0.2) is 0 Å². The molecule has 1 aliphatic rings. The van der Waals surface area contributed by atoms with Gasteiger partial charge in [-0.25, -0.2) is 0 Å². The molecule has 1 aromatic heterocycles. The Morgan fingerprint density at radius 2 is 1.09 bits per heavy atom. The maximum atomic E-state index is 2.28. The molecule has 0 fully saturated rings. The van der Waals surface area contributed by atoms with E-state index in [1.165, 1.54) is 53.2 Å². The minimum atomic E-state index is 1.33. The second-order valence-corrected chi connectivity index (χ2v) is 7.25. The standard InChI is InChI=1S/C22H12S/c1-2-7-15-14(6-1)16-8-3-5-13-11-12-19-22(20(13)16)21-17(15)9-4-10-18(21)23-19/h1-12H. The lowest BCUT2D eigenvalue weighted by atomic mass is 9.94. The largest absolute Gasteiger partial charge is 0.135 e. The minimum absolute atomic E-state index is 1.33. The highest BCUT2D eigenvalue weighted by atomic mass is 32.1. The molecule has 4 aromatic carbocycles. The summed E-state index contributed by atoms with van der Waals surface area (Å²) < 4.78 is 2.77. The molecule has 0 bridgehead atoms. The van der Waals surface area contributed by atoms with Crippen molar-refractivity contribution in [1.29, 1.82) is 0 Å². The third-order valence-electron chi connectivity index (χ3n) is 5.01. The van der Waals surface area contributed by atoms with Crippen LogP contribution in [0, 0.1) is 0 Å². The van der Waals surface area contributed by atoms with Gasteiger partial charge in [-0.3, -0.25) is 0 Å². The van der Waals surface area contributed by atoms with Crippen LogP contribution in [0.1, 0.15) is 0 Å². The van der Waals surface area contributed by atoms with Crippen molar-refractivity contribution >= 4 is 42.3 Å². The molecule has 0 N–H and O–H groups in total. The molecule has 0 radical (unpaired) electrons. The first-order valence-electron chi connectivity index (χ1n) is 7.88. The van der Waals surface area contributed by atoms with Crippen molar-refractivity contribution in [2.75, 3.05) is 0 Å². The molecule has 6 rings (SSSR count).